The van der Waals surface area contributed by atoms with Crippen LogP contribution in [-0.4, -0.2) is 26.8 Å². The zero-order valence-corrected chi connectivity index (χ0v) is 9.40. The van der Waals surface area contributed by atoms with E-state index in [-0.39, 0.29) is 6.42 Å². The largest absolute Gasteiger partial charge is 0.480 e. The van der Waals surface area contributed by atoms with Gasteiger partial charge in [-0.3, -0.25) is 4.79 Å². The van der Waals surface area contributed by atoms with Crippen LogP contribution in [0.25, 0.3) is 10.9 Å². The summed E-state index contributed by atoms with van der Waals surface area (Å²) in [6.07, 6.45) is 1.96. The number of carboxylic acid groups (broad SMARTS) is 1. The molecular weight excluding hydrogens is 220 g/mol. The minimum Gasteiger partial charge on any atom is -0.480 e. The molecule has 0 radical (unpaired) electrons. The topological polar surface area (TPSA) is 85.4 Å². The van der Waals surface area contributed by atoms with Crippen molar-refractivity contribution in [2.45, 2.75) is 18.9 Å². The minimum absolute atomic E-state index is 0.197. The van der Waals surface area contributed by atoms with Crippen molar-refractivity contribution in [2.24, 2.45) is 0 Å². The molecule has 1 atom stereocenters. The number of aromatic amines is 1. The quantitative estimate of drug-likeness (QED) is 0.604. The first-order valence-corrected chi connectivity index (χ1v) is 5.26. The van der Waals surface area contributed by atoms with E-state index in [0.717, 1.165) is 16.5 Å². The van der Waals surface area contributed by atoms with Gasteiger partial charge in [-0.25, -0.2) is 0 Å². The molecule has 0 aliphatic carbocycles. The summed E-state index contributed by atoms with van der Waals surface area (Å²) in [6, 6.07) is 7.64. The van der Waals surface area contributed by atoms with Crippen LogP contribution < -0.4 is 5.48 Å². The Morgan fingerprint density at radius 1 is 1.47 bits per heavy atom. The maximum absolute atomic E-state index is 11.1. The number of H-pyrrole nitrogens is 1. The molecule has 17 heavy (non-hydrogen) atoms. The third-order valence-corrected chi connectivity index (χ3v) is 2.94. The summed E-state index contributed by atoms with van der Waals surface area (Å²) in [5.41, 5.74) is 2.29. The predicted octanol–water partition coefficient (Wildman–Crippen LogP) is 1.53. The normalized spacial score (nSPS) is 14.7. The van der Waals surface area contributed by atoms with Crippen LogP contribution in [0.4, 0.5) is 0 Å². The number of para-hydroxylation sites is 1. The van der Waals surface area contributed by atoms with Gasteiger partial charge in [-0.15, -0.1) is 0 Å². The molecule has 2 aromatic rings. The van der Waals surface area contributed by atoms with Gasteiger partial charge in [0.25, 0.3) is 0 Å². The standard InChI is InChI=1S/C12H14N2O3/c1-12(14-17,11(15)16)6-8-7-13-10-5-3-2-4-9(8)10/h2-5,7,13-14,17H,6H2,1H3,(H,15,16)/t12-/m0/s1. The van der Waals surface area contributed by atoms with Crippen molar-refractivity contribution >= 4 is 16.9 Å². The van der Waals surface area contributed by atoms with E-state index >= 15 is 0 Å². The van der Waals surface area contributed by atoms with Crippen LogP contribution in [0.15, 0.2) is 30.5 Å². The smallest absolute Gasteiger partial charge is 0.326 e. The lowest BCUT2D eigenvalue weighted by molar-refractivity contribution is -0.148. The molecule has 5 nitrogen and oxygen atoms in total. The van der Waals surface area contributed by atoms with Gasteiger partial charge in [-0.05, 0) is 18.6 Å². The average molecular weight is 234 g/mol. The molecule has 1 heterocycles. The molecule has 1 aromatic heterocycles. The molecule has 2 rings (SSSR count). The van der Waals surface area contributed by atoms with Gasteiger partial charge in [0.05, 0.1) is 0 Å². The average Bonchev–Trinajstić information content (AvgIpc) is 2.72. The highest BCUT2D eigenvalue weighted by Crippen LogP contribution is 2.22. The fraction of sp³-hybridized carbons (Fsp3) is 0.250. The lowest BCUT2D eigenvalue weighted by Gasteiger charge is -2.22. The van der Waals surface area contributed by atoms with Crippen LogP contribution in [0.1, 0.15) is 12.5 Å². The maximum Gasteiger partial charge on any atom is 0.326 e. The van der Waals surface area contributed by atoms with E-state index in [0.29, 0.717) is 0 Å². The van der Waals surface area contributed by atoms with Gasteiger partial charge in [0.15, 0.2) is 0 Å². The second-order valence-electron chi connectivity index (χ2n) is 4.29. The second kappa shape index (κ2) is 4.20. The Morgan fingerprint density at radius 3 is 2.82 bits per heavy atom. The van der Waals surface area contributed by atoms with Gasteiger partial charge in [-0.1, -0.05) is 18.2 Å². The van der Waals surface area contributed by atoms with Crippen molar-refractivity contribution in [1.29, 1.82) is 0 Å². The number of hydrogen-bond donors (Lipinski definition) is 4. The van der Waals surface area contributed by atoms with E-state index in [2.05, 4.69) is 4.98 Å². The molecule has 90 valence electrons. The summed E-state index contributed by atoms with van der Waals surface area (Å²) in [6.45, 7) is 1.44. The number of nitrogens with one attached hydrogen (secondary N) is 2. The first-order chi connectivity index (χ1) is 8.07. The van der Waals surface area contributed by atoms with E-state index in [1.807, 2.05) is 29.7 Å². The SMILES string of the molecule is C[C@@](Cc1c[nH]c2ccccc12)(NO)C(=O)O. The van der Waals surface area contributed by atoms with E-state index in [1.54, 1.807) is 6.20 Å². The van der Waals surface area contributed by atoms with Crippen LogP contribution in [0.2, 0.25) is 0 Å². The molecule has 5 heteroatoms. The highest BCUT2D eigenvalue weighted by Gasteiger charge is 2.33. The molecule has 1 aromatic carbocycles. The highest BCUT2D eigenvalue weighted by molar-refractivity contribution is 5.85. The first-order valence-electron chi connectivity index (χ1n) is 5.26. The summed E-state index contributed by atoms with van der Waals surface area (Å²) in [4.78, 5) is 14.2. The lowest BCUT2D eigenvalue weighted by Crippen LogP contribution is -2.49. The van der Waals surface area contributed by atoms with Crippen LogP contribution in [0.3, 0.4) is 0 Å². The summed E-state index contributed by atoms with van der Waals surface area (Å²) >= 11 is 0. The zero-order valence-electron chi connectivity index (χ0n) is 9.40. The molecule has 0 spiro atoms. The number of aromatic nitrogens is 1. The number of rotatable bonds is 4. The molecule has 0 fully saturated rings. The van der Waals surface area contributed by atoms with Crippen molar-refractivity contribution in [2.75, 3.05) is 0 Å². The molecule has 0 saturated heterocycles. The third kappa shape index (κ3) is 2.02. The number of carboxylic acids is 1. The Hall–Kier alpha value is -1.85. The molecule has 0 saturated carbocycles. The van der Waals surface area contributed by atoms with Gasteiger partial charge >= 0.3 is 5.97 Å². The van der Waals surface area contributed by atoms with Crippen molar-refractivity contribution in [3.8, 4) is 0 Å². The summed E-state index contributed by atoms with van der Waals surface area (Å²) < 4.78 is 0. The molecular formula is C12H14N2O3. The Labute approximate surface area is 98.0 Å². The molecule has 0 aliphatic heterocycles. The van der Waals surface area contributed by atoms with Crippen LogP contribution in [0.5, 0.6) is 0 Å². The molecule has 0 bridgehead atoms. The summed E-state index contributed by atoms with van der Waals surface area (Å²) in [5.74, 6) is -1.09. The number of fused-ring (bicyclic) bond motifs is 1. The number of aliphatic carboxylic acids is 1. The Morgan fingerprint density at radius 2 is 2.18 bits per heavy atom. The van der Waals surface area contributed by atoms with Gasteiger partial charge in [-0.2, -0.15) is 5.48 Å². The Bertz CT molecular complexity index is 549. The third-order valence-electron chi connectivity index (χ3n) is 2.94. The van der Waals surface area contributed by atoms with E-state index in [1.165, 1.54) is 6.92 Å². The number of hydroxylamine groups is 1. The van der Waals surface area contributed by atoms with Crippen molar-refractivity contribution < 1.29 is 15.1 Å². The summed E-state index contributed by atoms with van der Waals surface area (Å²) in [7, 11) is 0. The number of hydrogen-bond acceptors (Lipinski definition) is 3. The fourth-order valence-corrected chi connectivity index (χ4v) is 1.82. The Balaban J connectivity index is 2.38. The van der Waals surface area contributed by atoms with Crippen molar-refractivity contribution in [1.82, 2.24) is 10.5 Å². The molecule has 0 aliphatic rings. The van der Waals surface area contributed by atoms with Crippen LogP contribution in [0, 0.1) is 0 Å². The van der Waals surface area contributed by atoms with Crippen molar-refractivity contribution in [3.63, 3.8) is 0 Å². The molecule has 0 unspecified atom stereocenters. The Kier molecular flexibility index (Phi) is 2.87. The number of carbonyl (C=O) groups is 1. The predicted molar refractivity (Wildman–Crippen MR) is 63.0 cm³/mol. The second-order valence-corrected chi connectivity index (χ2v) is 4.29. The van der Waals surface area contributed by atoms with Crippen LogP contribution >= 0.6 is 0 Å². The van der Waals surface area contributed by atoms with E-state index in [9.17, 15) is 4.79 Å². The maximum atomic E-state index is 11.1. The number of benzene rings is 1. The molecule has 4 N–H and O–H groups in total. The molecule has 0 amide bonds. The fourth-order valence-electron chi connectivity index (χ4n) is 1.82. The van der Waals surface area contributed by atoms with E-state index < -0.39 is 11.5 Å². The van der Waals surface area contributed by atoms with Gasteiger partial charge in [0.2, 0.25) is 0 Å². The van der Waals surface area contributed by atoms with Crippen molar-refractivity contribution in [3.05, 3.63) is 36.0 Å². The van der Waals surface area contributed by atoms with Crippen LogP contribution in [-0.2, 0) is 11.2 Å². The van der Waals surface area contributed by atoms with E-state index in [4.69, 9.17) is 10.3 Å². The highest BCUT2D eigenvalue weighted by atomic mass is 16.5. The monoisotopic (exact) mass is 234 g/mol. The lowest BCUT2D eigenvalue weighted by atomic mass is 9.93. The first kappa shape index (κ1) is 11.6. The van der Waals surface area contributed by atoms with Gasteiger partial charge in [0, 0.05) is 23.5 Å². The minimum atomic E-state index is -1.38. The van der Waals surface area contributed by atoms with Gasteiger partial charge < -0.3 is 15.3 Å². The van der Waals surface area contributed by atoms with Gasteiger partial charge in [0.1, 0.15) is 5.54 Å². The summed E-state index contributed by atoms with van der Waals surface area (Å²) in [5, 5.41) is 19.0. The zero-order chi connectivity index (χ0) is 12.5.